The average Bonchev–Trinajstić information content (AvgIpc) is 1.64. The lowest BCUT2D eigenvalue weighted by Gasteiger charge is -2.41. The summed E-state index contributed by atoms with van der Waals surface area (Å²) in [7, 11) is -1.06. The van der Waals surface area contributed by atoms with Gasteiger partial charge in [0.1, 0.15) is 0 Å². The van der Waals surface area contributed by atoms with Crippen molar-refractivity contribution < 1.29 is 4.28 Å². The highest BCUT2D eigenvalue weighted by Gasteiger charge is 2.27. The second kappa shape index (κ2) is 2.48. The van der Waals surface area contributed by atoms with E-state index in [1.807, 2.05) is 0 Å². The van der Waals surface area contributed by atoms with E-state index in [2.05, 4.69) is 33.3 Å². The molecule has 0 saturated heterocycles. The molecule has 0 aliphatic rings. The van der Waals surface area contributed by atoms with E-state index < -0.39 is 10.3 Å². The molecule has 0 spiro atoms. The molecule has 0 aromatic rings. The van der Waals surface area contributed by atoms with E-state index in [1.165, 1.54) is 0 Å². The van der Waals surface area contributed by atoms with Gasteiger partial charge in [0, 0.05) is 4.75 Å². The molecule has 9 heavy (non-hydrogen) atoms. The summed E-state index contributed by atoms with van der Waals surface area (Å²) in [6, 6.07) is 0. The molecule has 58 valence electrons. The maximum atomic E-state index is 5.13. The lowest BCUT2D eigenvalue weighted by molar-refractivity contribution is 0.370. The molecule has 3 heteroatoms. The Morgan fingerprint density at radius 3 is 1.56 bits per heavy atom. The Morgan fingerprint density at radius 2 is 1.56 bits per heavy atom. The number of rotatable bonds is 1. The van der Waals surface area contributed by atoms with Crippen LogP contribution in [0.15, 0.2) is 0 Å². The molecule has 0 fully saturated rings. The summed E-state index contributed by atoms with van der Waals surface area (Å²) in [6.07, 6.45) is 4.12. The van der Waals surface area contributed by atoms with Gasteiger partial charge in [-0.05, 0) is 12.5 Å². The third-order valence-electron chi connectivity index (χ3n) is 1.72. The van der Waals surface area contributed by atoms with Crippen LogP contribution in [0.5, 0.6) is 0 Å². The predicted molar refractivity (Wildman–Crippen MR) is 44.5 cm³/mol. The van der Waals surface area contributed by atoms with E-state index in [0.29, 0.717) is 0 Å². The molecular weight excluding hydrogens is 134 g/mol. The van der Waals surface area contributed by atoms with Gasteiger partial charge >= 0.3 is 0 Å². The highest BCUT2D eigenvalue weighted by atomic mass is 32.3. The summed E-state index contributed by atoms with van der Waals surface area (Å²) >= 11 is 0. The van der Waals surface area contributed by atoms with Crippen molar-refractivity contribution in [2.45, 2.75) is 25.5 Å². The van der Waals surface area contributed by atoms with Crippen molar-refractivity contribution in [3.05, 3.63) is 0 Å². The van der Waals surface area contributed by atoms with Gasteiger partial charge < -0.3 is 0 Å². The van der Waals surface area contributed by atoms with Crippen LogP contribution in [0.4, 0.5) is 0 Å². The SMILES string of the molecule is CC(C)(C)S(C)(C)ON. The second-order valence-corrected chi connectivity index (χ2v) is 7.33. The minimum absolute atomic E-state index is 0.182. The van der Waals surface area contributed by atoms with Crippen molar-refractivity contribution in [1.29, 1.82) is 0 Å². The summed E-state index contributed by atoms with van der Waals surface area (Å²) < 4.78 is 5.07. The maximum Gasteiger partial charge on any atom is 0.0144 e. The van der Waals surface area contributed by atoms with Gasteiger partial charge in [0.15, 0.2) is 0 Å². The third kappa shape index (κ3) is 2.16. The van der Waals surface area contributed by atoms with Gasteiger partial charge in [-0.3, -0.25) is 4.28 Å². The van der Waals surface area contributed by atoms with Crippen molar-refractivity contribution in [3.63, 3.8) is 0 Å². The van der Waals surface area contributed by atoms with Gasteiger partial charge in [-0.2, -0.15) is 0 Å². The van der Waals surface area contributed by atoms with Crippen LogP contribution in [0.25, 0.3) is 0 Å². The maximum absolute atomic E-state index is 5.13. The molecule has 0 radical (unpaired) electrons. The number of hydrogen-bond acceptors (Lipinski definition) is 2. The van der Waals surface area contributed by atoms with Crippen LogP contribution < -0.4 is 5.90 Å². The molecular formula is C6H17NOS. The minimum Gasteiger partial charge on any atom is -0.256 e. The van der Waals surface area contributed by atoms with Crippen molar-refractivity contribution in [2.75, 3.05) is 12.5 Å². The third-order valence-corrected chi connectivity index (χ3v) is 5.15. The van der Waals surface area contributed by atoms with E-state index in [0.717, 1.165) is 0 Å². The average molecular weight is 151 g/mol. The van der Waals surface area contributed by atoms with Gasteiger partial charge in [0.05, 0.1) is 0 Å². The molecule has 0 rings (SSSR count). The van der Waals surface area contributed by atoms with E-state index >= 15 is 0 Å². The molecule has 0 heterocycles. The normalized spacial score (nSPS) is 15.8. The zero-order valence-corrected chi connectivity index (χ0v) is 7.71. The molecule has 0 bridgehead atoms. The van der Waals surface area contributed by atoms with Crippen molar-refractivity contribution >= 4 is 10.3 Å². The minimum atomic E-state index is -1.06. The van der Waals surface area contributed by atoms with Crippen LogP contribution in [-0.4, -0.2) is 17.3 Å². The lowest BCUT2D eigenvalue weighted by Crippen LogP contribution is -2.26. The number of hydrogen-bond donors (Lipinski definition) is 1. The summed E-state index contributed by atoms with van der Waals surface area (Å²) in [6.45, 7) is 6.40. The van der Waals surface area contributed by atoms with Crippen LogP contribution in [0, 0.1) is 0 Å². The Kier molecular flexibility index (Phi) is 2.56. The fourth-order valence-corrected chi connectivity index (χ4v) is 0.433. The predicted octanol–water partition coefficient (Wildman–Crippen LogP) is 1.65. The van der Waals surface area contributed by atoms with Crippen LogP contribution in [-0.2, 0) is 4.28 Å². The van der Waals surface area contributed by atoms with Gasteiger partial charge in [-0.15, -0.1) is 10.3 Å². The first-order valence-corrected chi connectivity index (χ1v) is 5.30. The van der Waals surface area contributed by atoms with Crippen LogP contribution in [0.1, 0.15) is 20.8 Å². The Bertz CT molecular complexity index is 95.7. The topological polar surface area (TPSA) is 35.2 Å². The molecule has 0 aliphatic carbocycles. The summed E-state index contributed by atoms with van der Waals surface area (Å²) in [5, 5.41) is 0. The molecule has 0 aromatic carbocycles. The van der Waals surface area contributed by atoms with E-state index in [4.69, 9.17) is 10.2 Å². The zero-order chi connectivity index (χ0) is 7.71. The first kappa shape index (κ1) is 9.27. The van der Waals surface area contributed by atoms with Crippen LogP contribution >= 0.6 is 10.3 Å². The monoisotopic (exact) mass is 151 g/mol. The fraction of sp³-hybridized carbons (Fsp3) is 1.00. The molecule has 2 nitrogen and oxygen atoms in total. The number of nitrogens with two attached hydrogens (primary N) is 1. The fourth-order valence-electron chi connectivity index (χ4n) is 0.144. The van der Waals surface area contributed by atoms with Gasteiger partial charge in [0.2, 0.25) is 0 Å². The first-order chi connectivity index (χ1) is 3.81. The van der Waals surface area contributed by atoms with E-state index in [9.17, 15) is 0 Å². The molecule has 0 aromatic heterocycles. The molecule has 0 aliphatic heterocycles. The molecule has 0 saturated carbocycles. The Balaban J connectivity index is 4.14. The standard InChI is InChI=1S/C6H17NOS/c1-6(2,3)9(4,5)8-7/h7H2,1-5H3. The van der Waals surface area contributed by atoms with E-state index in [1.54, 1.807) is 0 Å². The Morgan fingerprint density at radius 1 is 1.22 bits per heavy atom. The van der Waals surface area contributed by atoms with Crippen LogP contribution in [0.2, 0.25) is 0 Å². The van der Waals surface area contributed by atoms with Gasteiger partial charge in [0.25, 0.3) is 0 Å². The smallest absolute Gasteiger partial charge is 0.0144 e. The summed E-state index contributed by atoms with van der Waals surface area (Å²) in [5.74, 6) is 5.13. The highest BCUT2D eigenvalue weighted by Crippen LogP contribution is 2.51. The molecule has 2 N–H and O–H groups in total. The van der Waals surface area contributed by atoms with Crippen molar-refractivity contribution in [1.82, 2.24) is 0 Å². The van der Waals surface area contributed by atoms with E-state index in [-0.39, 0.29) is 4.75 Å². The van der Waals surface area contributed by atoms with Gasteiger partial charge in [-0.25, -0.2) is 5.90 Å². The largest absolute Gasteiger partial charge is 0.256 e. The van der Waals surface area contributed by atoms with Crippen molar-refractivity contribution in [3.8, 4) is 0 Å². The van der Waals surface area contributed by atoms with Crippen molar-refractivity contribution in [2.24, 2.45) is 5.90 Å². The van der Waals surface area contributed by atoms with Gasteiger partial charge in [-0.1, -0.05) is 20.8 Å². The highest BCUT2D eigenvalue weighted by molar-refractivity contribution is 8.29. The zero-order valence-electron chi connectivity index (χ0n) is 6.89. The summed E-state index contributed by atoms with van der Waals surface area (Å²) in [5.41, 5.74) is 0. The van der Waals surface area contributed by atoms with Crippen LogP contribution in [0.3, 0.4) is 0 Å². The molecule has 0 unspecified atom stereocenters. The Labute approximate surface area is 59.2 Å². The second-order valence-electron chi connectivity index (χ2n) is 3.44. The first-order valence-electron chi connectivity index (χ1n) is 2.92. The summed E-state index contributed by atoms with van der Waals surface area (Å²) in [4.78, 5) is 0. The molecule has 0 amide bonds. The Hall–Kier alpha value is 0.270. The molecule has 0 atom stereocenters. The lowest BCUT2D eigenvalue weighted by atomic mass is 10.3. The quantitative estimate of drug-likeness (QED) is 0.578.